The van der Waals surface area contributed by atoms with E-state index < -0.39 is 16.5 Å². The number of carbonyl (C=O) groups is 1. The van der Waals surface area contributed by atoms with Gasteiger partial charge in [-0.15, -0.1) is 0 Å². The Morgan fingerprint density at radius 2 is 1.89 bits per heavy atom. The first-order chi connectivity index (χ1) is 13.4. The number of carbonyl (C=O) groups excluding carboxylic acids is 1. The van der Waals surface area contributed by atoms with Gasteiger partial charge in [0.2, 0.25) is 0 Å². The van der Waals surface area contributed by atoms with Crippen LogP contribution in [0.25, 0.3) is 21.7 Å². The molecule has 0 aliphatic carbocycles. The monoisotopic (exact) mass is 375 g/mol. The Kier molecular flexibility index (Phi) is 4.08. The standard InChI is InChI=1S/C20H13N3O5/c1-11-9-15-14-7-2-3-8-16(14)28-20(25)17(15)18(21-11)22-19(24)12-5-4-6-13(10-12)23(26)27/h2-10H,1H3,(H,21,22,24). The SMILES string of the molecule is Cc1cc2c(c(NC(=O)c3cccc([N+](=O)[O-])c3)n1)c(=O)oc1ccccc12. The number of aromatic nitrogens is 1. The van der Waals surface area contributed by atoms with Crippen LogP contribution in [0.4, 0.5) is 11.5 Å². The highest BCUT2D eigenvalue weighted by atomic mass is 16.6. The van der Waals surface area contributed by atoms with E-state index in [0.717, 1.165) is 6.07 Å². The number of nitro benzene ring substituents is 1. The highest BCUT2D eigenvalue weighted by Gasteiger charge is 2.17. The summed E-state index contributed by atoms with van der Waals surface area (Å²) in [5.74, 6) is -0.568. The molecule has 0 unspecified atom stereocenters. The fourth-order valence-corrected chi connectivity index (χ4v) is 3.05. The number of non-ortho nitro benzene ring substituents is 1. The van der Waals surface area contributed by atoms with Gasteiger partial charge < -0.3 is 9.73 Å². The summed E-state index contributed by atoms with van der Waals surface area (Å²) in [6.45, 7) is 1.74. The molecule has 1 amide bonds. The van der Waals surface area contributed by atoms with Crippen LogP contribution in [0.15, 0.2) is 63.8 Å². The first kappa shape index (κ1) is 17.3. The fourth-order valence-electron chi connectivity index (χ4n) is 3.05. The topological polar surface area (TPSA) is 115 Å². The second kappa shape index (κ2) is 6.58. The molecule has 0 saturated heterocycles. The van der Waals surface area contributed by atoms with Crippen molar-refractivity contribution in [2.75, 3.05) is 5.32 Å². The Morgan fingerprint density at radius 1 is 1.11 bits per heavy atom. The minimum atomic E-state index is -0.629. The van der Waals surface area contributed by atoms with Crippen LogP contribution in [0.1, 0.15) is 16.1 Å². The number of anilines is 1. The van der Waals surface area contributed by atoms with Crippen LogP contribution in [-0.4, -0.2) is 15.8 Å². The van der Waals surface area contributed by atoms with E-state index >= 15 is 0 Å². The van der Waals surface area contributed by atoms with Gasteiger partial charge in [-0.05, 0) is 25.1 Å². The molecule has 4 aromatic rings. The van der Waals surface area contributed by atoms with E-state index in [1.54, 1.807) is 25.1 Å². The van der Waals surface area contributed by atoms with Crippen LogP contribution in [0, 0.1) is 17.0 Å². The van der Waals surface area contributed by atoms with Gasteiger partial charge in [0.15, 0.2) is 0 Å². The molecule has 2 heterocycles. The number of aryl methyl sites for hydroxylation is 1. The number of para-hydroxylation sites is 1. The van der Waals surface area contributed by atoms with Crippen LogP contribution >= 0.6 is 0 Å². The van der Waals surface area contributed by atoms with Gasteiger partial charge in [0.05, 0.1) is 4.92 Å². The first-order valence-corrected chi connectivity index (χ1v) is 8.33. The molecule has 28 heavy (non-hydrogen) atoms. The minimum absolute atomic E-state index is 0.0472. The van der Waals surface area contributed by atoms with Crippen molar-refractivity contribution >= 4 is 39.2 Å². The summed E-state index contributed by atoms with van der Waals surface area (Å²) in [5, 5.41) is 15.0. The van der Waals surface area contributed by atoms with Gasteiger partial charge in [0.25, 0.3) is 11.6 Å². The zero-order valence-corrected chi connectivity index (χ0v) is 14.6. The number of pyridine rings is 1. The van der Waals surface area contributed by atoms with Crippen LogP contribution in [0.5, 0.6) is 0 Å². The van der Waals surface area contributed by atoms with Crippen LogP contribution in [0.3, 0.4) is 0 Å². The second-order valence-corrected chi connectivity index (χ2v) is 6.18. The number of hydrogen-bond donors (Lipinski definition) is 1. The van der Waals surface area contributed by atoms with E-state index in [0.29, 0.717) is 22.0 Å². The molecule has 0 fully saturated rings. The van der Waals surface area contributed by atoms with Crippen molar-refractivity contribution in [3.8, 4) is 0 Å². The number of amides is 1. The summed E-state index contributed by atoms with van der Waals surface area (Å²) in [5.41, 5.74) is 0.269. The number of nitrogens with zero attached hydrogens (tertiary/aromatic N) is 2. The van der Waals surface area contributed by atoms with Crippen LogP contribution in [0.2, 0.25) is 0 Å². The molecule has 0 spiro atoms. The average Bonchev–Trinajstić information content (AvgIpc) is 2.67. The second-order valence-electron chi connectivity index (χ2n) is 6.18. The minimum Gasteiger partial charge on any atom is -0.422 e. The molecule has 2 aromatic heterocycles. The lowest BCUT2D eigenvalue weighted by molar-refractivity contribution is -0.384. The summed E-state index contributed by atoms with van der Waals surface area (Å²) < 4.78 is 5.36. The van der Waals surface area contributed by atoms with Crippen molar-refractivity contribution < 1.29 is 14.1 Å². The van der Waals surface area contributed by atoms with Crippen molar-refractivity contribution in [2.24, 2.45) is 0 Å². The van der Waals surface area contributed by atoms with Crippen molar-refractivity contribution in [1.29, 1.82) is 0 Å². The summed E-state index contributed by atoms with van der Waals surface area (Å²) in [6, 6.07) is 14.1. The first-order valence-electron chi connectivity index (χ1n) is 8.33. The van der Waals surface area contributed by atoms with Crippen molar-refractivity contribution in [3.63, 3.8) is 0 Å². The molecule has 138 valence electrons. The summed E-state index contributed by atoms with van der Waals surface area (Å²) >= 11 is 0. The molecule has 0 radical (unpaired) electrons. The van der Waals surface area contributed by atoms with E-state index in [9.17, 15) is 19.7 Å². The number of hydrogen-bond acceptors (Lipinski definition) is 6. The van der Waals surface area contributed by atoms with Gasteiger partial charge in [-0.25, -0.2) is 9.78 Å². The Bertz CT molecular complexity index is 1330. The van der Waals surface area contributed by atoms with Gasteiger partial charge in [0, 0.05) is 34.2 Å². The van der Waals surface area contributed by atoms with Crippen molar-refractivity contribution in [2.45, 2.75) is 6.92 Å². The third-order valence-electron chi connectivity index (χ3n) is 4.28. The van der Waals surface area contributed by atoms with E-state index in [4.69, 9.17) is 4.42 Å². The fraction of sp³-hybridized carbons (Fsp3) is 0.0500. The van der Waals surface area contributed by atoms with Gasteiger partial charge in [-0.3, -0.25) is 14.9 Å². The molecule has 0 aliphatic heterocycles. The predicted octanol–water partition coefficient (Wildman–Crippen LogP) is 3.81. The van der Waals surface area contributed by atoms with Crippen molar-refractivity contribution in [1.82, 2.24) is 4.98 Å². The molecule has 8 heteroatoms. The molecule has 8 nitrogen and oxygen atoms in total. The number of nitrogens with one attached hydrogen (secondary N) is 1. The zero-order valence-electron chi connectivity index (χ0n) is 14.6. The van der Waals surface area contributed by atoms with E-state index in [1.165, 1.54) is 18.2 Å². The quantitative estimate of drug-likeness (QED) is 0.252. The third-order valence-corrected chi connectivity index (χ3v) is 4.28. The van der Waals surface area contributed by atoms with E-state index in [1.807, 2.05) is 12.1 Å². The maximum Gasteiger partial charge on any atom is 0.347 e. The smallest absolute Gasteiger partial charge is 0.347 e. The summed E-state index contributed by atoms with van der Waals surface area (Å²) in [6.07, 6.45) is 0. The molecule has 0 aliphatic rings. The van der Waals surface area contributed by atoms with Gasteiger partial charge in [-0.2, -0.15) is 0 Å². The lowest BCUT2D eigenvalue weighted by Crippen LogP contribution is -2.16. The maximum absolute atomic E-state index is 12.6. The van der Waals surface area contributed by atoms with Crippen LogP contribution < -0.4 is 10.9 Å². The lowest BCUT2D eigenvalue weighted by Gasteiger charge is -2.10. The highest BCUT2D eigenvalue weighted by Crippen LogP contribution is 2.27. The largest absolute Gasteiger partial charge is 0.422 e. The van der Waals surface area contributed by atoms with Gasteiger partial charge in [-0.1, -0.05) is 24.3 Å². The molecular weight excluding hydrogens is 362 g/mol. The Morgan fingerprint density at radius 3 is 2.68 bits per heavy atom. The highest BCUT2D eigenvalue weighted by molar-refractivity contribution is 6.12. The average molecular weight is 375 g/mol. The molecule has 0 bridgehead atoms. The Labute approximate surface area is 157 Å². The molecule has 0 saturated carbocycles. The normalized spacial score (nSPS) is 10.9. The van der Waals surface area contributed by atoms with E-state index in [-0.39, 0.29) is 22.5 Å². The summed E-state index contributed by atoms with van der Waals surface area (Å²) in [7, 11) is 0. The zero-order chi connectivity index (χ0) is 19.8. The summed E-state index contributed by atoms with van der Waals surface area (Å²) in [4.78, 5) is 39.8. The molecule has 4 rings (SSSR count). The molecule has 0 atom stereocenters. The van der Waals surface area contributed by atoms with Gasteiger partial charge >= 0.3 is 5.63 Å². The Hall–Kier alpha value is -4.07. The lowest BCUT2D eigenvalue weighted by atomic mass is 10.1. The molecule has 1 N–H and O–H groups in total. The molecular formula is C20H13N3O5. The van der Waals surface area contributed by atoms with Crippen molar-refractivity contribution in [3.05, 3.63) is 86.4 Å². The molecule has 2 aromatic carbocycles. The predicted molar refractivity (Wildman–Crippen MR) is 104 cm³/mol. The Balaban J connectivity index is 1.86. The maximum atomic E-state index is 12.6. The van der Waals surface area contributed by atoms with E-state index in [2.05, 4.69) is 10.3 Å². The number of benzene rings is 2. The van der Waals surface area contributed by atoms with Crippen LogP contribution in [-0.2, 0) is 0 Å². The number of nitro groups is 1. The van der Waals surface area contributed by atoms with Gasteiger partial charge in [0.1, 0.15) is 16.8 Å². The third kappa shape index (κ3) is 2.96. The number of rotatable bonds is 3. The number of fused-ring (bicyclic) bond motifs is 3.